The van der Waals surface area contributed by atoms with Crippen LogP contribution in [0, 0.1) is 12.3 Å². The highest BCUT2D eigenvalue weighted by Gasteiger charge is 2.42. The molecule has 0 saturated carbocycles. The molecule has 3 aromatic carbocycles. The van der Waals surface area contributed by atoms with E-state index in [0.29, 0.717) is 22.3 Å². The summed E-state index contributed by atoms with van der Waals surface area (Å²) >= 11 is 13.9. The second kappa shape index (κ2) is 11.1. The molecule has 8 heteroatoms. The third-order valence-corrected chi connectivity index (χ3v) is 5.67. The minimum atomic E-state index is -1.60. The first-order valence-electron chi connectivity index (χ1n) is 9.20. The van der Waals surface area contributed by atoms with E-state index in [0.717, 1.165) is 11.6 Å². The lowest BCUT2D eigenvalue weighted by molar-refractivity contribution is 0.554. The van der Waals surface area contributed by atoms with E-state index < -0.39 is 10.00 Å². The van der Waals surface area contributed by atoms with Crippen LogP contribution >= 0.6 is 23.2 Å². The highest BCUT2D eigenvalue weighted by atomic mass is 35.5. The van der Waals surface area contributed by atoms with Crippen LogP contribution in [0.4, 0.5) is 0 Å². The minimum Gasteiger partial charge on any atom is -0.222 e. The Balaban J connectivity index is 0.00000114. The van der Waals surface area contributed by atoms with Gasteiger partial charge in [-0.15, -0.1) is 0 Å². The monoisotopic (exact) mass is 465 g/mol. The number of nitrogens with one attached hydrogen (secondary N) is 1. The van der Waals surface area contributed by atoms with Gasteiger partial charge in [-0.3, -0.25) is 0 Å². The van der Waals surface area contributed by atoms with Gasteiger partial charge in [-0.2, -0.15) is 9.98 Å². The maximum absolute atomic E-state index is 11.3. The van der Waals surface area contributed by atoms with Crippen molar-refractivity contribution in [1.29, 1.82) is 5.41 Å². The van der Waals surface area contributed by atoms with Crippen LogP contribution in [0.5, 0.6) is 0 Å². The summed E-state index contributed by atoms with van der Waals surface area (Å²) in [7, 11) is 0. The fraction of sp³-hybridized carbons (Fsp3) is 0.125. The molecule has 0 fully saturated rings. The Labute approximate surface area is 194 Å². The van der Waals surface area contributed by atoms with E-state index in [-0.39, 0.29) is 0 Å². The molecule has 0 spiro atoms. The molecule has 0 bridgehead atoms. The first-order chi connectivity index (χ1) is 15.4. The van der Waals surface area contributed by atoms with Crippen LogP contribution in [0.3, 0.4) is 0 Å². The number of isocyanates is 3. The summed E-state index contributed by atoms with van der Waals surface area (Å²) in [5.41, 5.74) is 2.71. The first-order valence-corrected chi connectivity index (χ1v) is 9.96. The summed E-state index contributed by atoms with van der Waals surface area (Å²) < 4.78 is 0. The molecule has 3 aromatic rings. The molecule has 0 aromatic heterocycles. The summed E-state index contributed by atoms with van der Waals surface area (Å²) in [5.74, 6) is 0. The summed E-state index contributed by atoms with van der Waals surface area (Å²) in [6, 6.07) is 23.1. The van der Waals surface area contributed by atoms with Gasteiger partial charge < -0.3 is 0 Å². The molecule has 6 nitrogen and oxygen atoms in total. The zero-order valence-corrected chi connectivity index (χ0v) is 18.4. The number of carbonyl (C=O) groups excluding carboxylic acids is 3. The van der Waals surface area contributed by atoms with E-state index in [2.05, 4.69) is 9.98 Å². The van der Waals surface area contributed by atoms with Gasteiger partial charge in [0.25, 0.3) is 0 Å². The van der Waals surface area contributed by atoms with Crippen LogP contribution in [-0.4, -0.2) is 18.2 Å². The number of aliphatic imine (C=N–C) groups is 2. The van der Waals surface area contributed by atoms with Crippen LogP contribution in [0.2, 0.25) is 0 Å². The lowest BCUT2D eigenvalue weighted by atomic mass is 9.85. The van der Waals surface area contributed by atoms with E-state index in [1.165, 1.54) is 0 Å². The van der Waals surface area contributed by atoms with E-state index >= 15 is 0 Å². The molecular weight excluding hydrogens is 449 g/mol. The molecule has 0 heterocycles. The number of benzene rings is 3. The summed E-state index contributed by atoms with van der Waals surface area (Å²) in [4.78, 5) is 35.7. The van der Waals surface area contributed by atoms with Crippen LogP contribution in [0.15, 0.2) is 88.8 Å². The number of rotatable bonds is 6. The molecule has 0 aliphatic heterocycles. The second-order valence-electron chi connectivity index (χ2n) is 6.48. The fourth-order valence-corrected chi connectivity index (χ4v) is 4.10. The average molecular weight is 466 g/mol. The van der Waals surface area contributed by atoms with Crippen LogP contribution in [0.1, 0.15) is 27.8 Å². The number of aryl methyl sites for hydroxylation is 1. The van der Waals surface area contributed by atoms with Crippen molar-refractivity contribution in [2.75, 3.05) is 0 Å². The van der Waals surface area contributed by atoms with Gasteiger partial charge >= 0.3 is 0 Å². The SMILES string of the molecule is Cc1cccc(C(Cl)(N=C=O)c2ccccc2)c1C(Cl)(N=C=O)c1ccccc1.N=C=O. The van der Waals surface area contributed by atoms with Gasteiger partial charge in [-0.25, -0.2) is 19.8 Å². The molecule has 0 amide bonds. The van der Waals surface area contributed by atoms with Crippen molar-refractivity contribution in [1.82, 2.24) is 0 Å². The zero-order chi connectivity index (χ0) is 23.6. The highest BCUT2D eigenvalue weighted by molar-refractivity contribution is 6.28. The first kappa shape index (κ1) is 24.6. The molecule has 160 valence electrons. The van der Waals surface area contributed by atoms with Crippen molar-refractivity contribution >= 4 is 41.4 Å². The smallest absolute Gasteiger partial charge is 0.222 e. The third-order valence-electron chi connectivity index (χ3n) is 4.67. The van der Waals surface area contributed by atoms with Gasteiger partial charge in [-0.1, -0.05) is 102 Å². The van der Waals surface area contributed by atoms with Gasteiger partial charge in [0, 0.05) is 11.1 Å². The van der Waals surface area contributed by atoms with Crippen molar-refractivity contribution in [3.05, 3.63) is 107 Å². The maximum atomic E-state index is 11.3. The fourth-order valence-electron chi connectivity index (χ4n) is 3.37. The van der Waals surface area contributed by atoms with Gasteiger partial charge in [0.05, 0.1) is 0 Å². The Bertz CT molecular complexity index is 1200. The Kier molecular flexibility index (Phi) is 8.57. The Morgan fingerprint density at radius 1 is 0.719 bits per heavy atom. The Hall–Kier alpha value is -3.62. The molecule has 32 heavy (non-hydrogen) atoms. The average Bonchev–Trinajstić information content (AvgIpc) is 2.81. The van der Waals surface area contributed by atoms with E-state index in [4.69, 9.17) is 33.4 Å². The van der Waals surface area contributed by atoms with Crippen molar-refractivity contribution in [2.24, 2.45) is 9.98 Å². The molecule has 1 N–H and O–H groups in total. The molecular formula is C24H17Cl2N3O3. The van der Waals surface area contributed by atoms with Gasteiger partial charge in [0.1, 0.15) is 0 Å². The summed E-state index contributed by atoms with van der Waals surface area (Å²) in [6.45, 7) is 1.83. The van der Waals surface area contributed by atoms with Crippen LogP contribution in [-0.2, 0) is 24.4 Å². The largest absolute Gasteiger partial charge is 0.237 e. The van der Waals surface area contributed by atoms with Crippen molar-refractivity contribution in [3.63, 3.8) is 0 Å². The van der Waals surface area contributed by atoms with E-state index in [1.54, 1.807) is 72.8 Å². The van der Waals surface area contributed by atoms with Gasteiger partial charge in [0.15, 0.2) is 10.00 Å². The number of hydrogen-bond donors (Lipinski definition) is 1. The van der Waals surface area contributed by atoms with Gasteiger partial charge in [-0.05, 0) is 23.6 Å². The number of hydrogen-bond acceptors (Lipinski definition) is 6. The third kappa shape index (κ3) is 4.99. The molecule has 0 aliphatic carbocycles. The molecule has 0 radical (unpaired) electrons. The van der Waals surface area contributed by atoms with Crippen LogP contribution < -0.4 is 0 Å². The predicted molar refractivity (Wildman–Crippen MR) is 122 cm³/mol. The molecule has 0 aliphatic rings. The lowest BCUT2D eigenvalue weighted by Gasteiger charge is -2.32. The zero-order valence-electron chi connectivity index (χ0n) is 16.9. The minimum absolute atomic E-state index is 0.423. The molecule has 0 saturated heterocycles. The van der Waals surface area contributed by atoms with Gasteiger partial charge in [0.2, 0.25) is 18.2 Å². The van der Waals surface area contributed by atoms with Crippen molar-refractivity contribution in [3.8, 4) is 0 Å². The topological polar surface area (TPSA) is 99.8 Å². The molecule has 2 unspecified atom stereocenters. The van der Waals surface area contributed by atoms with E-state index in [1.807, 2.05) is 25.1 Å². The second-order valence-corrected chi connectivity index (χ2v) is 7.58. The Morgan fingerprint density at radius 3 is 1.62 bits per heavy atom. The maximum Gasteiger partial charge on any atom is 0.237 e. The standard InChI is InChI=1S/C23H16Cl2N2O2.CHNO/c1-17-9-8-14-20(22(24,26-15-28)18-10-4-2-5-11-18)21(17)23(25,27-16-29)19-12-6-3-7-13-19;2-1-3/h2-14H,1H3;2H. The normalized spacial score (nSPS) is 13.5. The summed E-state index contributed by atoms with van der Waals surface area (Å²) in [5, 5.41) is 5.40. The Morgan fingerprint density at radius 2 is 1.16 bits per heavy atom. The predicted octanol–water partition coefficient (Wildman–Crippen LogP) is 5.45. The summed E-state index contributed by atoms with van der Waals surface area (Å²) in [6.07, 6.45) is 3.89. The number of alkyl halides is 2. The van der Waals surface area contributed by atoms with Crippen molar-refractivity contribution < 1.29 is 14.4 Å². The highest BCUT2D eigenvalue weighted by Crippen LogP contribution is 2.48. The molecule has 2 atom stereocenters. The van der Waals surface area contributed by atoms with E-state index in [9.17, 15) is 9.59 Å². The lowest BCUT2D eigenvalue weighted by Crippen LogP contribution is -2.28. The number of halogens is 2. The number of nitrogens with zero attached hydrogens (tertiary/aromatic N) is 2. The molecule has 3 rings (SSSR count). The van der Waals surface area contributed by atoms with Crippen LogP contribution in [0.25, 0.3) is 0 Å². The quantitative estimate of drug-likeness (QED) is 0.226. The van der Waals surface area contributed by atoms with Crippen molar-refractivity contribution in [2.45, 2.75) is 16.9 Å².